The molecule has 0 aliphatic carbocycles. The summed E-state index contributed by atoms with van der Waals surface area (Å²) in [6.07, 6.45) is 2.27. The summed E-state index contributed by atoms with van der Waals surface area (Å²) in [5.74, 6) is 1.91. The van der Waals surface area contributed by atoms with Crippen molar-refractivity contribution in [3.63, 3.8) is 0 Å². The van der Waals surface area contributed by atoms with Crippen LogP contribution < -0.4 is 3.86 Å². The molecule has 32 heavy (non-hydrogen) atoms. The molecule has 3 heteroatoms. The fraction of sp³-hybridized carbons (Fsp3) is 0.483. The molecule has 2 rings (SSSR count). The van der Waals surface area contributed by atoms with Gasteiger partial charge in [0.25, 0.3) is 0 Å². The maximum absolute atomic E-state index is 5.17. The number of para-hydroxylation sites is 2. The topological polar surface area (TPSA) is 15.6 Å². The van der Waals surface area contributed by atoms with Gasteiger partial charge in [-0.1, -0.05) is 0 Å². The molecule has 0 aliphatic heterocycles. The van der Waals surface area contributed by atoms with Crippen LogP contribution in [0.4, 0.5) is 11.4 Å². The molecule has 2 aromatic rings. The van der Waals surface area contributed by atoms with Crippen molar-refractivity contribution in [2.45, 2.75) is 92.9 Å². The zero-order valence-corrected chi connectivity index (χ0v) is 26.4. The van der Waals surface area contributed by atoms with Gasteiger partial charge in [-0.05, 0) is 0 Å². The zero-order valence-electron chi connectivity index (χ0n) is 22.2. The Hall–Kier alpha value is -1.81. The molecule has 0 fully saturated rings. The number of allylic oxidation sites excluding steroid dienone is 2. The van der Waals surface area contributed by atoms with Crippen LogP contribution in [0.3, 0.4) is 0 Å². The van der Waals surface area contributed by atoms with Crippen molar-refractivity contribution in [3.8, 4) is 0 Å². The molecule has 0 heterocycles. The molecule has 0 aliphatic rings. The molecule has 174 valence electrons. The second-order valence-electron chi connectivity index (χ2n) is 10.3. The van der Waals surface area contributed by atoms with Crippen LogP contribution >= 0.6 is 0 Å². The summed E-state index contributed by atoms with van der Waals surface area (Å²) in [5.41, 5.74) is 10.5. The summed E-state index contributed by atoms with van der Waals surface area (Å²) in [6, 6.07) is 13.5. The third kappa shape index (κ3) is 6.16. The van der Waals surface area contributed by atoms with Gasteiger partial charge in [0.15, 0.2) is 0 Å². The third-order valence-corrected chi connectivity index (χ3v) is 8.67. The minimum absolute atomic E-state index is 0.453. The zero-order chi connectivity index (χ0) is 24.2. The standard InChI is InChI=1S/C29H44GeN2/c1-18(2)24-13-11-14-25(19(3)4)28(24)31-22(9)17-23(10)32(30)29-26(20(5)6)15-12-16-27(29)21(7)8/h11-21H,1-10,30H3/b23-17-,31-22?. The first-order valence-electron chi connectivity index (χ1n) is 12.2. The average molecular weight is 493 g/mol. The van der Waals surface area contributed by atoms with Gasteiger partial charge in [0.05, 0.1) is 0 Å². The first-order chi connectivity index (χ1) is 15.0. The predicted molar refractivity (Wildman–Crippen MR) is 148 cm³/mol. The Bertz CT molecular complexity index is 928. The van der Waals surface area contributed by atoms with Gasteiger partial charge in [0.2, 0.25) is 0 Å². The fourth-order valence-corrected chi connectivity index (χ4v) is 5.68. The number of benzene rings is 2. The van der Waals surface area contributed by atoms with Gasteiger partial charge >= 0.3 is 206 Å². The van der Waals surface area contributed by atoms with E-state index in [1.165, 1.54) is 33.6 Å². The van der Waals surface area contributed by atoms with E-state index < -0.39 is 0 Å². The number of hydrogen-bond acceptors (Lipinski definition) is 2. The quantitative estimate of drug-likeness (QED) is 0.269. The Morgan fingerprint density at radius 2 is 1.09 bits per heavy atom. The van der Waals surface area contributed by atoms with Crippen molar-refractivity contribution in [1.82, 2.24) is 0 Å². The molecule has 0 spiro atoms. The van der Waals surface area contributed by atoms with E-state index >= 15 is 0 Å². The molecule has 0 bridgehead atoms. The number of aliphatic imine (C=N–C) groups is 1. The first-order valence-corrected chi connectivity index (χ1v) is 14.1. The summed E-state index contributed by atoms with van der Waals surface area (Å²) in [6.45, 7) is 22.6. The summed E-state index contributed by atoms with van der Waals surface area (Å²) in [5, 5.41) is 0. The second-order valence-corrected chi connectivity index (χ2v) is 12.2. The summed E-state index contributed by atoms with van der Waals surface area (Å²) < 4.78 is 2.54. The Labute approximate surface area is 205 Å². The Morgan fingerprint density at radius 1 is 0.719 bits per heavy atom. The normalized spacial score (nSPS) is 13.2. The molecule has 0 N–H and O–H groups in total. The van der Waals surface area contributed by atoms with Crippen molar-refractivity contribution in [2.24, 2.45) is 4.99 Å². The van der Waals surface area contributed by atoms with E-state index in [0.29, 0.717) is 40.4 Å². The number of hydrogen-bond donors (Lipinski definition) is 0. The van der Waals surface area contributed by atoms with Crippen molar-refractivity contribution >= 4 is 33.8 Å². The van der Waals surface area contributed by atoms with E-state index in [2.05, 4.69) is 116 Å². The van der Waals surface area contributed by atoms with Crippen LogP contribution in [0, 0.1) is 0 Å². The molecular weight excluding hydrogens is 449 g/mol. The van der Waals surface area contributed by atoms with E-state index in [1.807, 2.05) is 0 Å². The first kappa shape index (κ1) is 26.4. The second kappa shape index (κ2) is 11.4. The van der Waals surface area contributed by atoms with Crippen LogP contribution in [0.25, 0.3) is 0 Å². The molecular formula is C29H44GeN2. The van der Waals surface area contributed by atoms with Crippen LogP contribution in [-0.2, 0) is 0 Å². The number of anilines is 1. The summed E-state index contributed by atoms with van der Waals surface area (Å²) >= 11 is 0.488. The van der Waals surface area contributed by atoms with Crippen molar-refractivity contribution in [3.05, 3.63) is 70.4 Å². The van der Waals surface area contributed by atoms with E-state index in [1.54, 1.807) is 0 Å². The van der Waals surface area contributed by atoms with Gasteiger partial charge in [-0.25, -0.2) is 0 Å². The van der Waals surface area contributed by atoms with Crippen molar-refractivity contribution < 1.29 is 0 Å². The number of rotatable bonds is 8. The minimum atomic E-state index is 0.453. The molecule has 0 amide bonds. The van der Waals surface area contributed by atoms with Crippen LogP contribution in [-0.4, -0.2) is 22.4 Å². The molecule has 2 nitrogen and oxygen atoms in total. The molecule has 0 aromatic heterocycles. The van der Waals surface area contributed by atoms with Gasteiger partial charge in [0.1, 0.15) is 0 Å². The predicted octanol–water partition coefficient (Wildman–Crippen LogP) is 7.96. The fourth-order valence-electron chi connectivity index (χ4n) is 4.32. The maximum atomic E-state index is 5.17. The molecule has 0 saturated carbocycles. The Morgan fingerprint density at radius 3 is 1.47 bits per heavy atom. The third-order valence-electron chi connectivity index (χ3n) is 6.26. The van der Waals surface area contributed by atoms with Crippen molar-refractivity contribution in [1.29, 1.82) is 0 Å². The Balaban J connectivity index is 2.55. The molecule has 0 atom stereocenters. The molecule has 2 aromatic carbocycles. The van der Waals surface area contributed by atoms with Crippen LogP contribution in [0.15, 0.2) is 53.2 Å². The monoisotopic (exact) mass is 494 g/mol. The van der Waals surface area contributed by atoms with Gasteiger partial charge in [-0.15, -0.1) is 0 Å². The van der Waals surface area contributed by atoms with Gasteiger partial charge in [-0.2, -0.15) is 0 Å². The number of nitrogens with zero attached hydrogens (tertiary/aromatic N) is 2. The molecule has 0 radical (unpaired) electrons. The Kier molecular flexibility index (Phi) is 9.39. The van der Waals surface area contributed by atoms with Crippen LogP contribution in [0.2, 0.25) is 0 Å². The van der Waals surface area contributed by atoms with Crippen LogP contribution in [0.5, 0.6) is 0 Å². The van der Waals surface area contributed by atoms with Crippen LogP contribution in [0.1, 0.15) is 115 Å². The molecule has 0 unspecified atom stereocenters. The summed E-state index contributed by atoms with van der Waals surface area (Å²) in [4.78, 5) is 5.17. The van der Waals surface area contributed by atoms with E-state index in [9.17, 15) is 0 Å². The van der Waals surface area contributed by atoms with E-state index in [0.717, 1.165) is 11.4 Å². The van der Waals surface area contributed by atoms with E-state index in [4.69, 9.17) is 4.99 Å². The summed E-state index contributed by atoms with van der Waals surface area (Å²) in [7, 11) is 0. The van der Waals surface area contributed by atoms with Gasteiger partial charge < -0.3 is 0 Å². The SMILES string of the molecule is CC(/C=C(/C)[N]([GeH3])c1c(C(C)C)cccc1C(C)C)=Nc1c(C(C)C)cccc1C(C)C. The van der Waals surface area contributed by atoms with Gasteiger partial charge in [0, 0.05) is 0 Å². The average Bonchev–Trinajstić information content (AvgIpc) is 2.71. The van der Waals surface area contributed by atoms with E-state index in [-0.39, 0.29) is 0 Å². The van der Waals surface area contributed by atoms with Crippen molar-refractivity contribution in [2.75, 3.05) is 3.86 Å². The molecule has 0 saturated heterocycles. The van der Waals surface area contributed by atoms with Gasteiger partial charge in [-0.3, -0.25) is 0 Å².